The largest absolute Gasteiger partial charge is 0.414 e. The van der Waals surface area contributed by atoms with E-state index in [4.69, 9.17) is 4.74 Å². The lowest BCUT2D eigenvalue weighted by atomic mass is 10.1. The molecule has 1 saturated heterocycles. The van der Waals surface area contributed by atoms with Gasteiger partial charge in [-0.05, 0) is 50.3 Å². The van der Waals surface area contributed by atoms with Gasteiger partial charge in [0.25, 0.3) is 0 Å². The Labute approximate surface area is 170 Å². The van der Waals surface area contributed by atoms with Crippen molar-refractivity contribution in [1.82, 2.24) is 10.2 Å². The Morgan fingerprint density at radius 3 is 2.93 bits per heavy atom. The topological polar surface area (TPSA) is 58.6 Å². The standard InChI is InChI=1S/C20H30N2O3S2/c1-3-22(2)20(24)25-17-8-6-7-16(15-17)11-13-21-19(23)10-5-4-9-18-12-14-26-27-18/h6-8,15,18H,3-5,9-14H2,1-2H3,(H,21,23). The predicted octanol–water partition coefficient (Wildman–Crippen LogP) is 4.51. The first-order chi connectivity index (χ1) is 13.1. The van der Waals surface area contributed by atoms with Gasteiger partial charge < -0.3 is 15.0 Å². The lowest BCUT2D eigenvalue weighted by Gasteiger charge is -2.14. The number of carbonyl (C=O) groups is 2. The fourth-order valence-corrected chi connectivity index (χ4v) is 5.76. The van der Waals surface area contributed by atoms with Gasteiger partial charge in [-0.1, -0.05) is 40.1 Å². The van der Waals surface area contributed by atoms with Gasteiger partial charge in [0.2, 0.25) is 5.91 Å². The van der Waals surface area contributed by atoms with Crippen LogP contribution in [0.15, 0.2) is 24.3 Å². The van der Waals surface area contributed by atoms with E-state index in [9.17, 15) is 9.59 Å². The molecule has 0 bridgehead atoms. The molecule has 0 spiro atoms. The van der Waals surface area contributed by atoms with Crippen molar-refractivity contribution in [2.24, 2.45) is 0 Å². The lowest BCUT2D eigenvalue weighted by Crippen LogP contribution is -2.29. The van der Waals surface area contributed by atoms with E-state index >= 15 is 0 Å². The van der Waals surface area contributed by atoms with E-state index in [2.05, 4.69) is 5.32 Å². The van der Waals surface area contributed by atoms with Crippen LogP contribution in [0.25, 0.3) is 0 Å². The number of ether oxygens (including phenoxy) is 1. The minimum Gasteiger partial charge on any atom is -0.410 e. The van der Waals surface area contributed by atoms with Gasteiger partial charge in [-0.2, -0.15) is 0 Å². The van der Waals surface area contributed by atoms with Crippen molar-refractivity contribution >= 4 is 33.6 Å². The third-order valence-corrected chi connectivity index (χ3v) is 7.54. The molecule has 1 atom stereocenters. The summed E-state index contributed by atoms with van der Waals surface area (Å²) in [6.45, 7) is 3.09. The van der Waals surface area contributed by atoms with E-state index < -0.39 is 0 Å². The zero-order chi connectivity index (χ0) is 19.5. The maximum atomic E-state index is 12.0. The van der Waals surface area contributed by atoms with E-state index in [0.29, 0.717) is 25.3 Å². The fourth-order valence-electron chi connectivity index (χ4n) is 2.73. The number of nitrogens with zero attached hydrogens (tertiary/aromatic N) is 1. The molecule has 5 nitrogen and oxygen atoms in total. The quantitative estimate of drug-likeness (QED) is 0.454. The molecule has 1 fully saturated rings. The Bertz CT molecular complexity index is 607. The van der Waals surface area contributed by atoms with Gasteiger partial charge in [0.05, 0.1) is 0 Å². The molecule has 1 unspecified atom stereocenters. The van der Waals surface area contributed by atoms with Crippen LogP contribution in [0.5, 0.6) is 5.75 Å². The molecule has 1 aromatic carbocycles. The Kier molecular flexibility index (Phi) is 9.91. The molecule has 1 N–H and O–H groups in total. The van der Waals surface area contributed by atoms with Gasteiger partial charge in [0, 0.05) is 37.6 Å². The van der Waals surface area contributed by atoms with Gasteiger partial charge in [0.1, 0.15) is 5.75 Å². The summed E-state index contributed by atoms with van der Waals surface area (Å²) in [5.41, 5.74) is 1.04. The highest BCUT2D eigenvalue weighted by Gasteiger charge is 2.15. The van der Waals surface area contributed by atoms with Crippen LogP contribution in [0.3, 0.4) is 0 Å². The third kappa shape index (κ3) is 8.47. The second kappa shape index (κ2) is 12.2. The lowest BCUT2D eigenvalue weighted by molar-refractivity contribution is -0.121. The molecule has 27 heavy (non-hydrogen) atoms. The van der Waals surface area contributed by atoms with Crippen LogP contribution in [0.4, 0.5) is 4.79 Å². The van der Waals surface area contributed by atoms with Crippen LogP contribution in [0.1, 0.15) is 44.6 Å². The number of rotatable bonds is 10. The van der Waals surface area contributed by atoms with Crippen LogP contribution in [0.2, 0.25) is 0 Å². The van der Waals surface area contributed by atoms with Crippen LogP contribution < -0.4 is 10.1 Å². The van der Waals surface area contributed by atoms with Gasteiger partial charge in [0.15, 0.2) is 0 Å². The molecule has 1 aliphatic heterocycles. The summed E-state index contributed by atoms with van der Waals surface area (Å²) < 4.78 is 5.34. The summed E-state index contributed by atoms with van der Waals surface area (Å²) in [5.74, 6) is 1.92. The predicted molar refractivity (Wildman–Crippen MR) is 114 cm³/mol. The molecule has 2 rings (SSSR count). The van der Waals surface area contributed by atoms with Gasteiger partial charge in [-0.15, -0.1) is 0 Å². The van der Waals surface area contributed by atoms with Crippen LogP contribution >= 0.6 is 21.6 Å². The molecule has 2 amide bonds. The SMILES string of the molecule is CCN(C)C(=O)Oc1cccc(CCNC(=O)CCCCC2CCSS2)c1. The summed E-state index contributed by atoms with van der Waals surface area (Å²) in [5, 5.41) is 3.77. The molecule has 150 valence electrons. The zero-order valence-corrected chi connectivity index (χ0v) is 17.9. The Balaban J connectivity index is 1.62. The first-order valence-electron chi connectivity index (χ1n) is 9.65. The van der Waals surface area contributed by atoms with E-state index in [1.165, 1.54) is 23.5 Å². The van der Waals surface area contributed by atoms with Crippen molar-refractivity contribution in [1.29, 1.82) is 0 Å². The van der Waals surface area contributed by atoms with E-state index in [1.807, 2.05) is 46.7 Å². The van der Waals surface area contributed by atoms with Gasteiger partial charge in [-0.3, -0.25) is 4.79 Å². The molecule has 1 aromatic rings. The van der Waals surface area contributed by atoms with Crippen molar-refractivity contribution in [3.8, 4) is 5.75 Å². The molecular weight excluding hydrogens is 380 g/mol. The highest BCUT2D eigenvalue weighted by molar-refractivity contribution is 8.77. The van der Waals surface area contributed by atoms with Crippen molar-refractivity contribution in [3.05, 3.63) is 29.8 Å². The van der Waals surface area contributed by atoms with Crippen molar-refractivity contribution in [2.75, 3.05) is 25.9 Å². The summed E-state index contributed by atoms with van der Waals surface area (Å²) in [6.07, 6.45) is 5.59. The first kappa shape index (κ1) is 22.0. The summed E-state index contributed by atoms with van der Waals surface area (Å²) in [6, 6.07) is 7.46. The Morgan fingerprint density at radius 2 is 2.19 bits per heavy atom. The first-order valence-corrected chi connectivity index (χ1v) is 12.0. The molecular formula is C20H30N2O3S2. The minimum absolute atomic E-state index is 0.121. The molecule has 0 saturated carbocycles. The molecule has 0 aromatic heterocycles. The van der Waals surface area contributed by atoms with Crippen molar-refractivity contribution in [3.63, 3.8) is 0 Å². The number of benzene rings is 1. The van der Waals surface area contributed by atoms with Crippen LogP contribution in [-0.4, -0.2) is 48.0 Å². The smallest absolute Gasteiger partial charge is 0.410 e. The second-order valence-electron chi connectivity index (χ2n) is 6.70. The summed E-state index contributed by atoms with van der Waals surface area (Å²) in [7, 11) is 5.67. The summed E-state index contributed by atoms with van der Waals surface area (Å²) in [4.78, 5) is 25.3. The number of hydrogen-bond donors (Lipinski definition) is 1. The van der Waals surface area contributed by atoms with Gasteiger partial charge in [-0.25, -0.2) is 4.79 Å². The van der Waals surface area contributed by atoms with Crippen molar-refractivity contribution < 1.29 is 14.3 Å². The van der Waals surface area contributed by atoms with Crippen molar-refractivity contribution in [2.45, 2.75) is 50.7 Å². The Hall–Kier alpha value is -1.34. The zero-order valence-electron chi connectivity index (χ0n) is 16.2. The average Bonchev–Trinajstić information content (AvgIpc) is 3.18. The molecule has 1 heterocycles. The number of carbonyl (C=O) groups excluding carboxylic acids is 2. The molecule has 1 aliphatic rings. The van der Waals surface area contributed by atoms with E-state index in [0.717, 1.165) is 30.1 Å². The van der Waals surface area contributed by atoms with E-state index in [1.54, 1.807) is 13.1 Å². The number of amides is 2. The van der Waals surface area contributed by atoms with Crippen LogP contribution in [-0.2, 0) is 11.2 Å². The second-order valence-corrected chi connectivity index (χ2v) is 9.49. The number of unbranched alkanes of at least 4 members (excludes halogenated alkanes) is 1. The highest BCUT2D eigenvalue weighted by Crippen LogP contribution is 2.39. The number of nitrogens with one attached hydrogen (secondary N) is 1. The van der Waals surface area contributed by atoms with Crippen LogP contribution in [0, 0.1) is 0 Å². The normalized spacial score (nSPS) is 16.1. The monoisotopic (exact) mass is 410 g/mol. The van der Waals surface area contributed by atoms with Gasteiger partial charge >= 0.3 is 6.09 Å². The maximum Gasteiger partial charge on any atom is 0.414 e. The summed E-state index contributed by atoms with van der Waals surface area (Å²) >= 11 is 0. The molecule has 7 heteroatoms. The van der Waals surface area contributed by atoms with E-state index in [-0.39, 0.29) is 12.0 Å². The Morgan fingerprint density at radius 1 is 1.33 bits per heavy atom. The minimum atomic E-state index is -0.363. The third-order valence-electron chi connectivity index (χ3n) is 4.53. The average molecular weight is 411 g/mol. The molecule has 0 radical (unpaired) electrons. The number of hydrogen-bond acceptors (Lipinski definition) is 5. The highest BCUT2D eigenvalue weighted by atomic mass is 33.1. The maximum absolute atomic E-state index is 12.0. The fraction of sp³-hybridized carbons (Fsp3) is 0.600. The molecule has 0 aliphatic carbocycles.